The second-order valence-electron chi connectivity index (χ2n) is 4.30. The largest absolute Gasteiger partial charge is 0.386 e. The van der Waals surface area contributed by atoms with Gasteiger partial charge in [0, 0.05) is 10.6 Å². The van der Waals surface area contributed by atoms with Crippen LogP contribution in [0.5, 0.6) is 0 Å². The Bertz CT molecular complexity index is 710. The standard InChI is InChI=1S/C14H12ClN3O/c15-11-6-2-1-5-10(11)14(19)9-18-13-8-4-3-7-12(13)16-17-18/h1-8,14,19H,9H2. The number of hydrogen-bond acceptors (Lipinski definition) is 3. The zero-order valence-electron chi connectivity index (χ0n) is 10.1. The first-order chi connectivity index (χ1) is 9.25. The van der Waals surface area contributed by atoms with Crippen LogP contribution in [0.2, 0.25) is 5.02 Å². The maximum atomic E-state index is 10.3. The molecule has 0 aliphatic heterocycles. The molecule has 0 bridgehead atoms. The van der Waals surface area contributed by atoms with Crippen LogP contribution in [0.4, 0.5) is 0 Å². The van der Waals surface area contributed by atoms with Crippen LogP contribution in [0, 0.1) is 0 Å². The molecule has 0 amide bonds. The van der Waals surface area contributed by atoms with E-state index in [1.54, 1.807) is 10.7 Å². The number of aromatic nitrogens is 3. The van der Waals surface area contributed by atoms with Crippen LogP contribution < -0.4 is 0 Å². The molecule has 1 atom stereocenters. The lowest BCUT2D eigenvalue weighted by molar-refractivity contribution is 0.152. The van der Waals surface area contributed by atoms with Gasteiger partial charge in [0.1, 0.15) is 11.6 Å². The SMILES string of the molecule is OC(Cn1nnc2ccccc21)c1ccccc1Cl. The van der Waals surface area contributed by atoms with Gasteiger partial charge in [-0.1, -0.05) is 47.1 Å². The van der Waals surface area contributed by atoms with Gasteiger partial charge in [0.05, 0.1) is 12.1 Å². The summed E-state index contributed by atoms with van der Waals surface area (Å²) in [6, 6.07) is 14.9. The van der Waals surface area contributed by atoms with Gasteiger partial charge in [-0.15, -0.1) is 5.10 Å². The molecule has 5 heteroatoms. The van der Waals surface area contributed by atoms with Gasteiger partial charge in [0.15, 0.2) is 0 Å². The van der Waals surface area contributed by atoms with E-state index in [4.69, 9.17) is 11.6 Å². The van der Waals surface area contributed by atoms with Crippen LogP contribution in [0.3, 0.4) is 0 Å². The van der Waals surface area contributed by atoms with E-state index in [9.17, 15) is 5.11 Å². The number of fused-ring (bicyclic) bond motifs is 1. The molecule has 1 N–H and O–H groups in total. The predicted molar refractivity (Wildman–Crippen MR) is 73.9 cm³/mol. The summed E-state index contributed by atoms with van der Waals surface area (Å²) in [5.74, 6) is 0. The topological polar surface area (TPSA) is 50.9 Å². The third-order valence-corrected chi connectivity index (χ3v) is 3.37. The highest BCUT2D eigenvalue weighted by molar-refractivity contribution is 6.31. The van der Waals surface area contributed by atoms with E-state index >= 15 is 0 Å². The lowest BCUT2D eigenvalue weighted by atomic mass is 10.1. The smallest absolute Gasteiger partial charge is 0.113 e. The quantitative estimate of drug-likeness (QED) is 0.798. The lowest BCUT2D eigenvalue weighted by Crippen LogP contribution is -2.10. The van der Waals surface area contributed by atoms with Crippen molar-refractivity contribution in [2.45, 2.75) is 12.6 Å². The van der Waals surface area contributed by atoms with Crippen molar-refractivity contribution in [3.63, 3.8) is 0 Å². The van der Waals surface area contributed by atoms with Gasteiger partial charge in [0.25, 0.3) is 0 Å². The molecule has 96 valence electrons. The van der Waals surface area contributed by atoms with Crippen LogP contribution in [0.15, 0.2) is 48.5 Å². The summed E-state index contributed by atoms with van der Waals surface area (Å²) in [4.78, 5) is 0. The fraction of sp³-hybridized carbons (Fsp3) is 0.143. The molecule has 19 heavy (non-hydrogen) atoms. The summed E-state index contributed by atoms with van der Waals surface area (Å²) < 4.78 is 1.68. The van der Waals surface area contributed by atoms with Crippen molar-refractivity contribution in [2.75, 3.05) is 0 Å². The van der Waals surface area contributed by atoms with E-state index in [0.29, 0.717) is 17.1 Å². The summed E-state index contributed by atoms with van der Waals surface area (Å²) in [7, 11) is 0. The van der Waals surface area contributed by atoms with Crippen LogP contribution in [0.1, 0.15) is 11.7 Å². The van der Waals surface area contributed by atoms with Crippen molar-refractivity contribution in [3.8, 4) is 0 Å². The molecule has 3 rings (SSSR count). The van der Waals surface area contributed by atoms with Gasteiger partial charge >= 0.3 is 0 Å². The van der Waals surface area contributed by atoms with Gasteiger partial charge < -0.3 is 5.11 Å². The summed E-state index contributed by atoms with van der Waals surface area (Å²) >= 11 is 6.07. The normalized spacial score (nSPS) is 12.7. The van der Waals surface area contributed by atoms with Gasteiger partial charge in [-0.05, 0) is 18.2 Å². The zero-order chi connectivity index (χ0) is 13.2. The van der Waals surface area contributed by atoms with Crippen molar-refractivity contribution in [3.05, 3.63) is 59.1 Å². The Kier molecular flexibility index (Phi) is 3.19. The molecule has 0 saturated carbocycles. The minimum atomic E-state index is -0.709. The number of nitrogens with zero attached hydrogens (tertiary/aromatic N) is 3. The van der Waals surface area contributed by atoms with Crippen molar-refractivity contribution in [1.29, 1.82) is 0 Å². The molecule has 4 nitrogen and oxygen atoms in total. The van der Waals surface area contributed by atoms with Crippen molar-refractivity contribution in [2.24, 2.45) is 0 Å². The molecular formula is C14H12ClN3O. The van der Waals surface area contributed by atoms with Crippen LogP contribution in [-0.4, -0.2) is 20.1 Å². The molecule has 0 aliphatic carbocycles. The predicted octanol–water partition coefficient (Wildman–Crippen LogP) is 2.82. The number of rotatable bonds is 3. The third-order valence-electron chi connectivity index (χ3n) is 3.03. The summed E-state index contributed by atoms with van der Waals surface area (Å²) in [5.41, 5.74) is 2.41. The average molecular weight is 274 g/mol. The average Bonchev–Trinajstić information content (AvgIpc) is 2.83. The molecule has 1 unspecified atom stereocenters. The molecular weight excluding hydrogens is 262 g/mol. The second-order valence-corrected chi connectivity index (χ2v) is 4.70. The minimum absolute atomic E-state index is 0.324. The first-order valence-electron chi connectivity index (χ1n) is 5.96. The zero-order valence-corrected chi connectivity index (χ0v) is 10.8. The maximum Gasteiger partial charge on any atom is 0.113 e. The summed E-state index contributed by atoms with van der Waals surface area (Å²) in [5, 5.41) is 18.9. The van der Waals surface area contributed by atoms with Gasteiger partial charge in [-0.3, -0.25) is 0 Å². The minimum Gasteiger partial charge on any atom is -0.386 e. The van der Waals surface area contributed by atoms with Crippen molar-refractivity contribution >= 4 is 22.6 Å². The molecule has 3 aromatic rings. The second kappa shape index (κ2) is 4.99. The van der Waals surface area contributed by atoms with E-state index in [-0.39, 0.29) is 0 Å². The number of halogens is 1. The third kappa shape index (κ3) is 2.32. The van der Waals surface area contributed by atoms with Gasteiger partial charge in [-0.25, -0.2) is 4.68 Å². The highest BCUT2D eigenvalue weighted by Gasteiger charge is 2.14. The molecule has 0 saturated heterocycles. The molecule has 0 spiro atoms. The summed E-state index contributed by atoms with van der Waals surface area (Å²) in [6.07, 6.45) is -0.709. The fourth-order valence-corrected chi connectivity index (χ4v) is 2.32. The molecule has 1 aromatic heterocycles. The lowest BCUT2D eigenvalue weighted by Gasteiger charge is -2.12. The Morgan fingerprint density at radius 1 is 1.11 bits per heavy atom. The molecule has 0 fully saturated rings. The first-order valence-corrected chi connectivity index (χ1v) is 6.34. The van der Waals surface area contributed by atoms with E-state index in [1.807, 2.05) is 42.5 Å². The molecule has 1 heterocycles. The molecule has 2 aromatic carbocycles. The van der Waals surface area contributed by atoms with Crippen LogP contribution >= 0.6 is 11.6 Å². The fourth-order valence-electron chi connectivity index (χ4n) is 2.06. The van der Waals surface area contributed by atoms with Crippen LogP contribution in [0.25, 0.3) is 11.0 Å². The summed E-state index contributed by atoms with van der Waals surface area (Å²) in [6.45, 7) is 0.324. The molecule has 0 radical (unpaired) electrons. The number of benzene rings is 2. The number of para-hydroxylation sites is 1. The number of hydrogen-bond donors (Lipinski definition) is 1. The molecule has 0 aliphatic rings. The van der Waals surface area contributed by atoms with Crippen LogP contribution in [-0.2, 0) is 6.54 Å². The Labute approximate surface area is 115 Å². The van der Waals surface area contributed by atoms with Gasteiger partial charge in [0.2, 0.25) is 0 Å². The number of aliphatic hydroxyl groups excluding tert-OH is 1. The Morgan fingerprint density at radius 3 is 2.68 bits per heavy atom. The van der Waals surface area contributed by atoms with E-state index in [2.05, 4.69) is 10.3 Å². The Balaban J connectivity index is 1.91. The van der Waals surface area contributed by atoms with E-state index < -0.39 is 6.10 Å². The monoisotopic (exact) mass is 273 g/mol. The van der Waals surface area contributed by atoms with Crippen molar-refractivity contribution in [1.82, 2.24) is 15.0 Å². The Morgan fingerprint density at radius 2 is 1.84 bits per heavy atom. The first kappa shape index (κ1) is 12.1. The highest BCUT2D eigenvalue weighted by atomic mass is 35.5. The van der Waals surface area contributed by atoms with Gasteiger partial charge in [-0.2, -0.15) is 0 Å². The van der Waals surface area contributed by atoms with E-state index in [0.717, 1.165) is 11.0 Å². The Hall–Kier alpha value is -1.91. The highest BCUT2D eigenvalue weighted by Crippen LogP contribution is 2.24. The number of aliphatic hydroxyl groups is 1. The van der Waals surface area contributed by atoms with Crippen molar-refractivity contribution < 1.29 is 5.11 Å². The maximum absolute atomic E-state index is 10.3. The van der Waals surface area contributed by atoms with E-state index in [1.165, 1.54) is 0 Å².